The minimum Gasteiger partial charge on any atom is -0.327 e. The molecular weight excluding hydrogens is 253 g/mol. The number of benzene rings is 1. The standard InChI is InChI=1S/C16H22FN3/c1-3-11-7-8-18-14(9-11)16-19-13-10-12(17)5-6-15(13)20(16)4-2/h5-6,10-11,14,18H,3-4,7-9H2,1-2H3. The molecule has 0 aliphatic carbocycles. The van der Waals surface area contributed by atoms with Gasteiger partial charge in [-0.05, 0) is 44.4 Å². The smallest absolute Gasteiger partial charge is 0.127 e. The molecule has 4 heteroatoms. The van der Waals surface area contributed by atoms with Gasteiger partial charge in [-0.2, -0.15) is 0 Å². The number of nitrogens with zero attached hydrogens (tertiary/aromatic N) is 2. The van der Waals surface area contributed by atoms with Gasteiger partial charge in [0, 0.05) is 12.6 Å². The van der Waals surface area contributed by atoms with E-state index in [0.717, 1.165) is 42.3 Å². The first-order chi connectivity index (χ1) is 9.72. The molecule has 1 N–H and O–H groups in total. The highest BCUT2D eigenvalue weighted by molar-refractivity contribution is 5.76. The molecular formula is C16H22FN3. The molecule has 2 aromatic rings. The van der Waals surface area contributed by atoms with Crippen LogP contribution >= 0.6 is 0 Å². The Labute approximate surface area is 119 Å². The van der Waals surface area contributed by atoms with Crippen molar-refractivity contribution in [1.82, 2.24) is 14.9 Å². The first-order valence-electron chi connectivity index (χ1n) is 7.62. The molecule has 108 valence electrons. The van der Waals surface area contributed by atoms with E-state index in [9.17, 15) is 4.39 Å². The van der Waals surface area contributed by atoms with E-state index in [1.165, 1.54) is 25.0 Å². The van der Waals surface area contributed by atoms with Crippen LogP contribution in [0.4, 0.5) is 4.39 Å². The summed E-state index contributed by atoms with van der Waals surface area (Å²) in [5.74, 6) is 1.61. The van der Waals surface area contributed by atoms with E-state index in [4.69, 9.17) is 4.98 Å². The van der Waals surface area contributed by atoms with Crippen molar-refractivity contribution in [3.63, 3.8) is 0 Å². The molecule has 0 saturated carbocycles. The second-order valence-corrected chi connectivity index (χ2v) is 5.65. The molecule has 0 bridgehead atoms. The molecule has 3 rings (SSSR count). The third-order valence-corrected chi connectivity index (χ3v) is 4.46. The summed E-state index contributed by atoms with van der Waals surface area (Å²) < 4.78 is 15.6. The first-order valence-corrected chi connectivity index (χ1v) is 7.62. The quantitative estimate of drug-likeness (QED) is 0.926. The van der Waals surface area contributed by atoms with E-state index in [2.05, 4.69) is 23.7 Å². The van der Waals surface area contributed by atoms with Crippen LogP contribution in [-0.2, 0) is 6.54 Å². The Bertz CT molecular complexity index is 605. The van der Waals surface area contributed by atoms with Crippen LogP contribution in [0.3, 0.4) is 0 Å². The van der Waals surface area contributed by atoms with Crippen molar-refractivity contribution in [3.8, 4) is 0 Å². The van der Waals surface area contributed by atoms with Crippen molar-refractivity contribution in [3.05, 3.63) is 29.8 Å². The van der Waals surface area contributed by atoms with Gasteiger partial charge in [0.15, 0.2) is 0 Å². The van der Waals surface area contributed by atoms with Crippen LogP contribution < -0.4 is 5.32 Å². The van der Waals surface area contributed by atoms with Crippen LogP contribution in [-0.4, -0.2) is 16.1 Å². The Hall–Kier alpha value is -1.42. The number of hydrogen-bond acceptors (Lipinski definition) is 2. The summed E-state index contributed by atoms with van der Waals surface area (Å²) in [6.45, 7) is 6.29. The van der Waals surface area contributed by atoms with E-state index in [-0.39, 0.29) is 5.82 Å². The van der Waals surface area contributed by atoms with Crippen molar-refractivity contribution in [2.75, 3.05) is 6.54 Å². The van der Waals surface area contributed by atoms with Crippen molar-refractivity contribution < 1.29 is 4.39 Å². The highest BCUT2D eigenvalue weighted by atomic mass is 19.1. The van der Waals surface area contributed by atoms with Gasteiger partial charge in [-0.1, -0.05) is 13.3 Å². The van der Waals surface area contributed by atoms with E-state index in [1.807, 2.05) is 6.07 Å². The fourth-order valence-electron chi connectivity index (χ4n) is 3.28. The van der Waals surface area contributed by atoms with Crippen LogP contribution in [0, 0.1) is 11.7 Å². The van der Waals surface area contributed by atoms with E-state index >= 15 is 0 Å². The van der Waals surface area contributed by atoms with Gasteiger partial charge in [-0.25, -0.2) is 9.37 Å². The lowest BCUT2D eigenvalue weighted by Crippen LogP contribution is -2.33. The molecule has 0 amide bonds. The average Bonchev–Trinajstić information content (AvgIpc) is 2.84. The number of aromatic nitrogens is 2. The van der Waals surface area contributed by atoms with Gasteiger partial charge in [0.25, 0.3) is 0 Å². The van der Waals surface area contributed by atoms with Crippen LogP contribution in [0.15, 0.2) is 18.2 Å². The van der Waals surface area contributed by atoms with E-state index in [0.29, 0.717) is 6.04 Å². The van der Waals surface area contributed by atoms with Gasteiger partial charge < -0.3 is 9.88 Å². The van der Waals surface area contributed by atoms with Gasteiger partial charge >= 0.3 is 0 Å². The van der Waals surface area contributed by atoms with Gasteiger partial charge in [-0.3, -0.25) is 0 Å². The summed E-state index contributed by atoms with van der Waals surface area (Å²) in [4.78, 5) is 4.70. The Balaban J connectivity index is 2.01. The highest BCUT2D eigenvalue weighted by Crippen LogP contribution is 2.30. The minimum absolute atomic E-state index is 0.215. The van der Waals surface area contributed by atoms with Gasteiger partial charge in [0.05, 0.1) is 17.1 Å². The van der Waals surface area contributed by atoms with Crippen LogP contribution in [0.25, 0.3) is 11.0 Å². The van der Waals surface area contributed by atoms with Crippen LogP contribution in [0.2, 0.25) is 0 Å². The zero-order valence-electron chi connectivity index (χ0n) is 12.2. The fourth-order valence-corrected chi connectivity index (χ4v) is 3.28. The summed E-state index contributed by atoms with van der Waals surface area (Å²) in [6, 6.07) is 5.18. The van der Waals surface area contributed by atoms with Crippen molar-refractivity contribution in [1.29, 1.82) is 0 Å². The lowest BCUT2D eigenvalue weighted by Gasteiger charge is -2.29. The van der Waals surface area contributed by atoms with Crippen LogP contribution in [0.1, 0.15) is 45.0 Å². The Kier molecular flexibility index (Phi) is 3.74. The summed E-state index contributed by atoms with van der Waals surface area (Å²) >= 11 is 0. The number of halogens is 1. The molecule has 20 heavy (non-hydrogen) atoms. The summed E-state index contributed by atoms with van der Waals surface area (Å²) in [6.07, 6.45) is 3.59. The Morgan fingerprint density at radius 3 is 3.00 bits per heavy atom. The second kappa shape index (κ2) is 5.52. The number of fused-ring (bicyclic) bond motifs is 1. The third-order valence-electron chi connectivity index (χ3n) is 4.46. The lowest BCUT2D eigenvalue weighted by molar-refractivity contribution is 0.287. The van der Waals surface area contributed by atoms with Gasteiger partial charge in [0.2, 0.25) is 0 Å². The summed E-state index contributed by atoms with van der Waals surface area (Å²) in [5.41, 5.74) is 1.80. The number of piperidine rings is 1. The van der Waals surface area contributed by atoms with Crippen molar-refractivity contribution in [2.24, 2.45) is 5.92 Å². The lowest BCUT2D eigenvalue weighted by atomic mass is 9.90. The second-order valence-electron chi connectivity index (χ2n) is 5.65. The monoisotopic (exact) mass is 275 g/mol. The summed E-state index contributed by atoms with van der Waals surface area (Å²) in [5, 5.41) is 3.57. The maximum atomic E-state index is 13.4. The first kappa shape index (κ1) is 13.6. The van der Waals surface area contributed by atoms with E-state index < -0.39 is 0 Å². The molecule has 2 heterocycles. The predicted molar refractivity (Wildman–Crippen MR) is 79.1 cm³/mol. The average molecular weight is 275 g/mol. The highest BCUT2D eigenvalue weighted by Gasteiger charge is 2.26. The van der Waals surface area contributed by atoms with Crippen molar-refractivity contribution >= 4 is 11.0 Å². The molecule has 1 saturated heterocycles. The number of aryl methyl sites for hydroxylation is 1. The number of rotatable bonds is 3. The zero-order valence-corrected chi connectivity index (χ0v) is 12.2. The van der Waals surface area contributed by atoms with Gasteiger partial charge in [0.1, 0.15) is 11.6 Å². The SMILES string of the molecule is CCC1CCNC(c2nc3cc(F)ccc3n2CC)C1. The molecule has 1 aromatic heterocycles. The normalized spacial score (nSPS) is 23.4. The largest absolute Gasteiger partial charge is 0.327 e. The Morgan fingerprint density at radius 2 is 2.25 bits per heavy atom. The molecule has 1 aliphatic rings. The molecule has 1 aromatic carbocycles. The van der Waals surface area contributed by atoms with Gasteiger partial charge in [-0.15, -0.1) is 0 Å². The molecule has 2 unspecified atom stereocenters. The maximum Gasteiger partial charge on any atom is 0.127 e. The fraction of sp³-hybridized carbons (Fsp3) is 0.562. The Morgan fingerprint density at radius 1 is 1.40 bits per heavy atom. The number of nitrogens with one attached hydrogen (secondary N) is 1. The minimum atomic E-state index is -0.215. The molecule has 2 atom stereocenters. The topological polar surface area (TPSA) is 29.9 Å². The number of imidazole rings is 1. The summed E-state index contributed by atoms with van der Waals surface area (Å²) in [7, 11) is 0. The molecule has 1 fully saturated rings. The molecule has 0 spiro atoms. The molecule has 3 nitrogen and oxygen atoms in total. The molecule has 0 radical (unpaired) electrons. The maximum absolute atomic E-state index is 13.4. The molecule has 1 aliphatic heterocycles. The third kappa shape index (κ3) is 2.33. The zero-order chi connectivity index (χ0) is 14.1. The predicted octanol–water partition coefficient (Wildman–Crippen LogP) is 3.65. The van der Waals surface area contributed by atoms with E-state index in [1.54, 1.807) is 0 Å². The number of hydrogen-bond donors (Lipinski definition) is 1. The van der Waals surface area contributed by atoms with Crippen LogP contribution in [0.5, 0.6) is 0 Å². The van der Waals surface area contributed by atoms with Crippen molar-refractivity contribution in [2.45, 2.75) is 45.7 Å².